The van der Waals surface area contributed by atoms with Gasteiger partial charge in [-0.3, -0.25) is 14.0 Å². The van der Waals surface area contributed by atoms with Crippen molar-refractivity contribution in [1.29, 1.82) is 0 Å². The standard InChI is InChI=1S/C26H29N5O2/c1-15-6-5-9-18-14-30(11-10-19(15)18)26(33)20-13-21-22(12-16(20)2)31-23(17-7-3-4-8-17)28-29-24(31)25(32)27-21/h5-6,9,12-13,16-17,20H,3-4,7-8,10-11,14H2,1-2H3,(H,27,32). The van der Waals surface area contributed by atoms with Crippen LogP contribution >= 0.6 is 0 Å². The fourth-order valence-corrected chi connectivity index (χ4v) is 5.96. The van der Waals surface area contributed by atoms with Gasteiger partial charge in [0, 0.05) is 19.0 Å². The van der Waals surface area contributed by atoms with Gasteiger partial charge in [-0.15, -0.1) is 10.2 Å². The summed E-state index contributed by atoms with van der Waals surface area (Å²) in [6.45, 7) is 5.60. The van der Waals surface area contributed by atoms with Gasteiger partial charge >= 0.3 is 0 Å². The van der Waals surface area contributed by atoms with Crippen molar-refractivity contribution in [3.63, 3.8) is 0 Å². The average Bonchev–Trinajstić information content (AvgIpc) is 3.49. The number of aryl methyl sites for hydroxylation is 1. The van der Waals surface area contributed by atoms with Gasteiger partial charge in [-0.2, -0.15) is 0 Å². The Kier molecular flexibility index (Phi) is 4.75. The molecule has 0 radical (unpaired) electrons. The highest BCUT2D eigenvalue weighted by molar-refractivity contribution is 5.86. The predicted molar refractivity (Wildman–Crippen MR) is 126 cm³/mol. The molecule has 1 saturated carbocycles. The molecule has 2 aromatic heterocycles. The highest BCUT2D eigenvalue weighted by Gasteiger charge is 2.32. The lowest BCUT2D eigenvalue weighted by Gasteiger charge is -2.33. The maximum absolute atomic E-state index is 13.6. The van der Waals surface area contributed by atoms with E-state index in [2.05, 4.69) is 53.3 Å². The molecular weight excluding hydrogens is 414 g/mol. The normalized spacial score (nSPS) is 22.5. The van der Waals surface area contributed by atoms with Gasteiger partial charge in [-0.25, -0.2) is 0 Å². The first-order valence-electron chi connectivity index (χ1n) is 12.1. The number of benzene rings is 1. The van der Waals surface area contributed by atoms with Crippen LogP contribution in [0.3, 0.4) is 0 Å². The van der Waals surface area contributed by atoms with Crippen LogP contribution in [0.1, 0.15) is 61.0 Å². The Morgan fingerprint density at radius 1 is 1.15 bits per heavy atom. The third-order valence-corrected chi connectivity index (χ3v) is 7.81. The first kappa shape index (κ1) is 20.4. The fraction of sp³-hybridized carbons (Fsp3) is 0.462. The van der Waals surface area contributed by atoms with Crippen molar-refractivity contribution in [1.82, 2.24) is 24.5 Å². The Balaban J connectivity index is 1.40. The van der Waals surface area contributed by atoms with Crippen LogP contribution in [0.5, 0.6) is 0 Å². The molecule has 3 aliphatic rings. The summed E-state index contributed by atoms with van der Waals surface area (Å²) >= 11 is 0. The zero-order valence-electron chi connectivity index (χ0n) is 19.2. The first-order valence-corrected chi connectivity index (χ1v) is 12.1. The summed E-state index contributed by atoms with van der Waals surface area (Å²) in [6.07, 6.45) is 9.49. The highest BCUT2D eigenvalue weighted by Crippen LogP contribution is 2.32. The Morgan fingerprint density at radius 2 is 1.97 bits per heavy atom. The SMILES string of the molecule is Cc1cccc2c1CCN(C(=O)C1C=c3[nH]c(=O)c4nnc(C5CCCC5)n4c3=CC1C)C2. The third kappa shape index (κ3) is 3.24. The Bertz CT molecular complexity index is 1440. The van der Waals surface area contributed by atoms with Crippen molar-refractivity contribution < 1.29 is 4.79 Å². The largest absolute Gasteiger partial charge is 0.337 e. The topological polar surface area (TPSA) is 83.4 Å². The molecule has 7 heteroatoms. The van der Waals surface area contributed by atoms with Gasteiger partial charge in [0.05, 0.1) is 16.6 Å². The van der Waals surface area contributed by atoms with Gasteiger partial charge < -0.3 is 9.88 Å². The smallest absolute Gasteiger partial charge is 0.294 e. The first-order chi connectivity index (χ1) is 16.0. The molecule has 170 valence electrons. The Hall–Kier alpha value is -3.22. The van der Waals surface area contributed by atoms with Crippen molar-refractivity contribution in [3.8, 4) is 0 Å². The molecule has 3 heterocycles. The van der Waals surface area contributed by atoms with E-state index in [1.807, 2.05) is 15.4 Å². The third-order valence-electron chi connectivity index (χ3n) is 7.81. The minimum absolute atomic E-state index is 0.0110. The molecule has 1 aliphatic heterocycles. The molecule has 1 amide bonds. The van der Waals surface area contributed by atoms with E-state index < -0.39 is 0 Å². The minimum Gasteiger partial charge on any atom is -0.337 e. The van der Waals surface area contributed by atoms with Crippen LogP contribution in [0, 0.1) is 18.8 Å². The van der Waals surface area contributed by atoms with Crippen molar-refractivity contribution in [2.75, 3.05) is 6.54 Å². The van der Waals surface area contributed by atoms with Gasteiger partial charge in [-0.05, 0) is 54.9 Å². The Labute approximate surface area is 191 Å². The molecule has 33 heavy (non-hydrogen) atoms. The van der Waals surface area contributed by atoms with Crippen molar-refractivity contribution >= 4 is 23.7 Å². The van der Waals surface area contributed by atoms with Crippen LogP contribution in [0.4, 0.5) is 0 Å². The van der Waals surface area contributed by atoms with Gasteiger partial charge in [0.15, 0.2) is 0 Å². The molecule has 7 nitrogen and oxygen atoms in total. The number of hydrogen-bond donors (Lipinski definition) is 1. The number of carbonyl (C=O) groups excluding carboxylic acids is 1. The van der Waals surface area contributed by atoms with E-state index in [9.17, 15) is 9.59 Å². The zero-order valence-corrected chi connectivity index (χ0v) is 19.2. The van der Waals surface area contributed by atoms with Crippen LogP contribution < -0.4 is 16.3 Å². The van der Waals surface area contributed by atoms with Gasteiger partial charge in [0.1, 0.15) is 5.82 Å². The molecule has 1 N–H and O–H groups in total. The molecule has 2 aliphatic carbocycles. The van der Waals surface area contributed by atoms with Crippen LogP contribution in [0.15, 0.2) is 23.0 Å². The van der Waals surface area contributed by atoms with Crippen LogP contribution in [-0.2, 0) is 17.8 Å². The maximum Gasteiger partial charge on any atom is 0.294 e. The number of hydrogen-bond acceptors (Lipinski definition) is 4. The van der Waals surface area contributed by atoms with E-state index in [-0.39, 0.29) is 23.3 Å². The molecule has 0 spiro atoms. The second-order valence-electron chi connectivity index (χ2n) is 9.89. The summed E-state index contributed by atoms with van der Waals surface area (Å²) in [5.74, 6) is 1.05. The van der Waals surface area contributed by atoms with E-state index in [4.69, 9.17) is 0 Å². The van der Waals surface area contributed by atoms with E-state index in [1.54, 1.807) is 0 Å². The molecule has 1 fully saturated rings. The van der Waals surface area contributed by atoms with Crippen molar-refractivity contribution in [2.24, 2.45) is 11.8 Å². The number of carbonyl (C=O) groups is 1. The maximum atomic E-state index is 13.6. The van der Waals surface area contributed by atoms with Crippen LogP contribution in [0.2, 0.25) is 0 Å². The molecule has 1 aromatic carbocycles. The zero-order chi connectivity index (χ0) is 22.7. The van der Waals surface area contributed by atoms with Crippen molar-refractivity contribution in [3.05, 3.63) is 61.8 Å². The fourth-order valence-electron chi connectivity index (χ4n) is 5.96. The van der Waals surface area contributed by atoms with E-state index in [1.165, 1.54) is 29.5 Å². The van der Waals surface area contributed by atoms with Crippen LogP contribution in [0.25, 0.3) is 17.8 Å². The summed E-state index contributed by atoms with van der Waals surface area (Å²) in [4.78, 5) is 31.3. The number of fused-ring (bicyclic) bond motifs is 4. The highest BCUT2D eigenvalue weighted by atomic mass is 16.2. The lowest BCUT2D eigenvalue weighted by molar-refractivity contribution is -0.135. The quantitative estimate of drug-likeness (QED) is 0.655. The summed E-state index contributed by atoms with van der Waals surface area (Å²) < 4.78 is 1.94. The van der Waals surface area contributed by atoms with Crippen LogP contribution in [-0.4, -0.2) is 36.9 Å². The summed E-state index contributed by atoms with van der Waals surface area (Å²) in [6, 6.07) is 6.34. The summed E-state index contributed by atoms with van der Waals surface area (Å²) in [5, 5.41) is 10.2. The summed E-state index contributed by atoms with van der Waals surface area (Å²) in [5.41, 5.74) is 4.01. The van der Waals surface area contributed by atoms with Gasteiger partial charge in [0.2, 0.25) is 11.6 Å². The number of aromatic amines is 1. The molecule has 3 aromatic rings. The second kappa shape index (κ2) is 7.68. The second-order valence-corrected chi connectivity index (χ2v) is 9.89. The van der Waals surface area contributed by atoms with E-state index in [0.717, 1.165) is 37.0 Å². The molecular formula is C26H29N5O2. The number of nitrogens with one attached hydrogen (secondary N) is 1. The predicted octanol–water partition coefficient (Wildman–Crippen LogP) is 1.80. The van der Waals surface area contributed by atoms with E-state index in [0.29, 0.717) is 23.5 Å². The number of H-pyrrole nitrogens is 1. The number of nitrogens with zero attached hydrogens (tertiary/aromatic N) is 4. The average molecular weight is 444 g/mol. The summed E-state index contributed by atoms with van der Waals surface area (Å²) in [7, 11) is 0. The number of aromatic nitrogens is 4. The lowest BCUT2D eigenvalue weighted by Crippen LogP contribution is -2.48. The van der Waals surface area contributed by atoms with Gasteiger partial charge in [-0.1, -0.05) is 44.0 Å². The minimum atomic E-state index is -0.302. The number of rotatable bonds is 2. The molecule has 0 bridgehead atoms. The monoisotopic (exact) mass is 443 g/mol. The molecule has 0 saturated heterocycles. The lowest BCUT2D eigenvalue weighted by atomic mass is 9.87. The van der Waals surface area contributed by atoms with Crippen molar-refractivity contribution in [2.45, 2.75) is 58.4 Å². The van der Waals surface area contributed by atoms with Gasteiger partial charge in [0.25, 0.3) is 5.56 Å². The molecule has 2 unspecified atom stereocenters. The molecule has 6 rings (SSSR count). The number of amides is 1. The Morgan fingerprint density at radius 3 is 2.79 bits per heavy atom. The molecule has 2 atom stereocenters. The van der Waals surface area contributed by atoms with E-state index >= 15 is 0 Å².